The predicted molar refractivity (Wildman–Crippen MR) is 99.8 cm³/mol. The van der Waals surface area contributed by atoms with Gasteiger partial charge in [0, 0.05) is 38.4 Å². The minimum absolute atomic E-state index is 0.0122. The second kappa shape index (κ2) is 8.06. The minimum Gasteiger partial charge on any atom is -0.394 e. The lowest BCUT2D eigenvalue weighted by Gasteiger charge is -2.35. The Morgan fingerprint density at radius 1 is 1.16 bits per heavy atom. The molecule has 0 bridgehead atoms. The van der Waals surface area contributed by atoms with Crippen LogP contribution in [0.1, 0.15) is 31.2 Å². The zero-order chi connectivity index (χ0) is 17.7. The first-order valence-corrected chi connectivity index (χ1v) is 9.30. The van der Waals surface area contributed by atoms with Crippen molar-refractivity contribution in [3.63, 3.8) is 0 Å². The molecule has 0 unspecified atom stereocenters. The molecular formula is C19H30N4O2. The number of aliphatic hydroxyl groups excluding tert-OH is 1. The Balaban J connectivity index is 1.58. The quantitative estimate of drug-likeness (QED) is 0.757. The molecule has 1 aromatic carbocycles. The number of amides is 2. The smallest absolute Gasteiger partial charge is 0.315 e. The molecule has 0 spiro atoms. The molecule has 0 radical (unpaired) electrons. The van der Waals surface area contributed by atoms with Crippen LogP contribution >= 0.6 is 0 Å². The normalized spacial score (nSPS) is 20.5. The number of aliphatic hydroxyl groups is 1. The molecule has 3 rings (SSSR count). The second-order valence-electron chi connectivity index (χ2n) is 7.37. The monoisotopic (exact) mass is 346 g/mol. The van der Waals surface area contributed by atoms with Crippen molar-refractivity contribution in [1.82, 2.24) is 15.5 Å². The maximum absolute atomic E-state index is 12.3. The van der Waals surface area contributed by atoms with Crippen molar-refractivity contribution in [1.29, 1.82) is 0 Å². The summed E-state index contributed by atoms with van der Waals surface area (Å²) in [7, 11) is 2.15. The van der Waals surface area contributed by atoms with Gasteiger partial charge in [-0.2, -0.15) is 0 Å². The third kappa shape index (κ3) is 4.44. The summed E-state index contributed by atoms with van der Waals surface area (Å²) in [5.41, 5.74) is 1.90. The number of rotatable bonds is 5. The van der Waals surface area contributed by atoms with Crippen LogP contribution in [0, 0.1) is 0 Å². The number of anilines is 1. The van der Waals surface area contributed by atoms with Gasteiger partial charge in [-0.3, -0.25) is 0 Å². The van der Waals surface area contributed by atoms with Gasteiger partial charge < -0.3 is 25.5 Å². The highest BCUT2D eigenvalue weighted by atomic mass is 16.3. The van der Waals surface area contributed by atoms with E-state index in [1.807, 2.05) is 6.07 Å². The molecule has 2 amide bonds. The van der Waals surface area contributed by atoms with E-state index in [1.165, 1.54) is 5.69 Å². The molecule has 1 aliphatic heterocycles. The van der Waals surface area contributed by atoms with E-state index in [9.17, 15) is 9.90 Å². The van der Waals surface area contributed by atoms with Gasteiger partial charge in [0.2, 0.25) is 0 Å². The summed E-state index contributed by atoms with van der Waals surface area (Å²) >= 11 is 0. The van der Waals surface area contributed by atoms with E-state index in [4.69, 9.17) is 0 Å². The van der Waals surface area contributed by atoms with E-state index in [1.54, 1.807) is 0 Å². The van der Waals surface area contributed by atoms with Gasteiger partial charge in [-0.15, -0.1) is 0 Å². The fourth-order valence-electron chi connectivity index (χ4n) is 3.85. The maximum atomic E-state index is 12.3. The van der Waals surface area contributed by atoms with Crippen molar-refractivity contribution in [2.24, 2.45) is 0 Å². The molecular weight excluding hydrogens is 316 g/mol. The Morgan fingerprint density at radius 2 is 1.84 bits per heavy atom. The molecule has 25 heavy (non-hydrogen) atoms. The summed E-state index contributed by atoms with van der Waals surface area (Å²) in [6, 6.07) is 8.08. The lowest BCUT2D eigenvalue weighted by atomic mass is 9.99. The van der Waals surface area contributed by atoms with Crippen LogP contribution in [0.25, 0.3) is 0 Å². The highest BCUT2D eigenvalue weighted by Gasteiger charge is 2.34. The maximum Gasteiger partial charge on any atom is 0.315 e. The van der Waals surface area contributed by atoms with Crippen LogP contribution in [0.4, 0.5) is 10.5 Å². The van der Waals surface area contributed by atoms with Gasteiger partial charge in [0.1, 0.15) is 0 Å². The predicted octanol–water partition coefficient (Wildman–Crippen LogP) is 1.54. The van der Waals surface area contributed by atoms with Gasteiger partial charge in [-0.1, -0.05) is 31.0 Å². The average Bonchev–Trinajstić information content (AvgIpc) is 3.10. The summed E-state index contributed by atoms with van der Waals surface area (Å²) in [4.78, 5) is 17.0. The number of para-hydroxylation sites is 1. The van der Waals surface area contributed by atoms with Crippen molar-refractivity contribution >= 4 is 11.7 Å². The number of carbonyl (C=O) groups excluding carboxylic acids is 1. The Morgan fingerprint density at radius 3 is 2.52 bits per heavy atom. The van der Waals surface area contributed by atoms with Crippen LogP contribution in [0.5, 0.6) is 0 Å². The van der Waals surface area contributed by atoms with Crippen molar-refractivity contribution in [3.05, 3.63) is 29.8 Å². The molecule has 1 aliphatic carbocycles. The number of nitrogens with one attached hydrogen (secondary N) is 2. The lowest BCUT2D eigenvalue weighted by molar-refractivity contribution is 0.163. The molecule has 1 heterocycles. The molecule has 2 aliphatic rings. The molecule has 6 heteroatoms. The summed E-state index contributed by atoms with van der Waals surface area (Å²) in [5.74, 6) is 0. The number of urea groups is 1. The fourth-order valence-corrected chi connectivity index (χ4v) is 3.85. The van der Waals surface area contributed by atoms with Crippen LogP contribution in [0.2, 0.25) is 0 Å². The molecule has 6 nitrogen and oxygen atoms in total. The molecule has 0 atom stereocenters. The molecule has 0 aromatic heterocycles. The van der Waals surface area contributed by atoms with Gasteiger partial charge >= 0.3 is 6.03 Å². The first kappa shape index (κ1) is 18.0. The summed E-state index contributed by atoms with van der Waals surface area (Å²) in [6.07, 6.45) is 3.84. The second-order valence-corrected chi connectivity index (χ2v) is 7.37. The third-order valence-corrected chi connectivity index (χ3v) is 5.52. The molecule has 1 aromatic rings. The number of benzene rings is 1. The lowest BCUT2D eigenvalue weighted by Crippen LogP contribution is -2.52. The Labute approximate surface area is 150 Å². The first-order valence-electron chi connectivity index (χ1n) is 9.30. The van der Waals surface area contributed by atoms with E-state index < -0.39 is 5.54 Å². The van der Waals surface area contributed by atoms with Gasteiger partial charge in [0.25, 0.3) is 0 Å². The van der Waals surface area contributed by atoms with E-state index in [-0.39, 0.29) is 12.6 Å². The summed E-state index contributed by atoms with van der Waals surface area (Å²) in [5, 5.41) is 15.6. The SMILES string of the molecule is CN1CCN(c2ccccc2CNC(=O)NC2(CO)CCCC2)CC1. The Kier molecular flexibility index (Phi) is 5.81. The van der Waals surface area contributed by atoms with Crippen molar-refractivity contribution in [2.45, 2.75) is 37.8 Å². The number of carbonyl (C=O) groups is 1. The zero-order valence-electron chi connectivity index (χ0n) is 15.1. The topological polar surface area (TPSA) is 67.8 Å². The number of likely N-dealkylation sites (N-methyl/N-ethyl adjacent to an activating group) is 1. The Hall–Kier alpha value is -1.79. The molecule has 138 valence electrons. The first-order chi connectivity index (χ1) is 12.1. The fraction of sp³-hybridized carbons (Fsp3) is 0.632. The highest BCUT2D eigenvalue weighted by Crippen LogP contribution is 2.29. The highest BCUT2D eigenvalue weighted by molar-refractivity contribution is 5.75. The van der Waals surface area contributed by atoms with Crippen molar-refractivity contribution in [2.75, 3.05) is 44.7 Å². The summed E-state index contributed by atoms with van der Waals surface area (Å²) < 4.78 is 0. The largest absolute Gasteiger partial charge is 0.394 e. The van der Waals surface area contributed by atoms with Gasteiger partial charge in [-0.05, 0) is 31.5 Å². The minimum atomic E-state index is -0.430. The molecule has 1 saturated carbocycles. The van der Waals surface area contributed by atoms with E-state index in [0.717, 1.165) is 57.4 Å². The standard InChI is InChI=1S/C19H30N4O2/c1-22-10-12-23(13-11-22)17-7-3-2-6-16(17)14-20-18(25)21-19(15-24)8-4-5-9-19/h2-3,6-7,24H,4-5,8-15H2,1H3,(H2,20,21,25). The van der Waals surface area contributed by atoms with Crippen molar-refractivity contribution in [3.8, 4) is 0 Å². The van der Waals surface area contributed by atoms with Crippen LogP contribution in [-0.2, 0) is 6.54 Å². The number of piperazine rings is 1. The molecule has 1 saturated heterocycles. The third-order valence-electron chi connectivity index (χ3n) is 5.52. The average molecular weight is 346 g/mol. The van der Waals surface area contributed by atoms with E-state index in [0.29, 0.717) is 6.54 Å². The van der Waals surface area contributed by atoms with Crippen LogP contribution in [0.3, 0.4) is 0 Å². The Bertz CT molecular complexity index is 579. The number of hydrogen-bond donors (Lipinski definition) is 3. The van der Waals surface area contributed by atoms with Crippen LogP contribution < -0.4 is 15.5 Å². The zero-order valence-corrected chi connectivity index (χ0v) is 15.1. The van der Waals surface area contributed by atoms with Crippen LogP contribution in [-0.4, -0.2) is 61.4 Å². The molecule has 2 fully saturated rings. The number of nitrogens with zero attached hydrogens (tertiary/aromatic N) is 2. The van der Waals surface area contributed by atoms with Gasteiger partial charge in [0.15, 0.2) is 0 Å². The van der Waals surface area contributed by atoms with Gasteiger partial charge in [-0.25, -0.2) is 4.79 Å². The van der Waals surface area contributed by atoms with E-state index in [2.05, 4.69) is 45.7 Å². The van der Waals surface area contributed by atoms with Gasteiger partial charge in [0.05, 0.1) is 12.1 Å². The van der Waals surface area contributed by atoms with E-state index >= 15 is 0 Å². The van der Waals surface area contributed by atoms with Crippen LogP contribution in [0.15, 0.2) is 24.3 Å². The summed E-state index contributed by atoms with van der Waals surface area (Å²) in [6.45, 7) is 4.64. The van der Waals surface area contributed by atoms with Crippen molar-refractivity contribution < 1.29 is 9.90 Å². The number of hydrogen-bond acceptors (Lipinski definition) is 4. The molecule has 3 N–H and O–H groups in total.